The summed E-state index contributed by atoms with van der Waals surface area (Å²) in [4.78, 5) is 15.9. The number of anilines is 1. The van der Waals surface area contributed by atoms with Crippen molar-refractivity contribution in [2.24, 2.45) is 17.6 Å². The monoisotopic (exact) mass is 265 g/mol. The number of aromatic nitrogens is 1. The molecule has 0 saturated carbocycles. The second kappa shape index (κ2) is 7.74. The maximum absolute atomic E-state index is 11.9. The summed E-state index contributed by atoms with van der Waals surface area (Å²) in [7, 11) is 1.55. The molecule has 1 rings (SSSR count). The van der Waals surface area contributed by atoms with Gasteiger partial charge >= 0.3 is 0 Å². The molecule has 1 atom stereocenters. The summed E-state index contributed by atoms with van der Waals surface area (Å²) in [5, 5.41) is 2.82. The van der Waals surface area contributed by atoms with E-state index in [1.807, 2.05) is 0 Å². The SMILES string of the molecule is COc1ccc(NC(=O)C[C@@H](CN)CC(C)C)cn1. The van der Waals surface area contributed by atoms with Crippen LogP contribution in [0.25, 0.3) is 0 Å². The Hall–Kier alpha value is -1.62. The van der Waals surface area contributed by atoms with E-state index in [1.165, 1.54) is 0 Å². The van der Waals surface area contributed by atoms with Crippen LogP contribution in [-0.2, 0) is 4.79 Å². The van der Waals surface area contributed by atoms with Crippen molar-refractivity contribution in [1.29, 1.82) is 0 Å². The minimum atomic E-state index is -0.0249. The first-order valence-corrected chi connectivity index (χ1v) is 6.55. The van der Waals surface area contributed by atoms with Gasteiger partial charge in [-0.25, -0.2) is 4.98 Å². The minimum Gasteiger partial charge on any atom is -0.481 e. The zero-order valence-corrected chi connectivity index (χ0v) is 11.8. The first-order valence-electron chi connectivity index (χ1n) is 6.55. The molecule has 0 aliphatic heterocycles. The van der Waals surface area contributed by atoms with Crippen LogP contribution in [0.4, 0.5) is 5.69 Å². The van der Waals surface area contributed by atoms with E-state index in [0.717, 1.165) is 6.42 Å². The fourth-order valence-electron chi connectivity index (χ4n) is 1.98. The number of amides is 1. The quantitative estimate of drug-likeness (QED) is 0.791. The summed E-state index contributed by atoms with van der Waals surface area (Å²) in [6, 6.07) is 3.48. The molecular weight excluding hydrogens is 242 g/mol. The Morgan fingerprint density at radius 1 is 1.47 bits per heavy atom. The van der Waals surface area contributed by atoms with E-state index in [0.29, 0.717) is 30.5 Å². The third-order valence-electron chi connectivity index (χ3n) is 2.84. The second-order valence-corrected chi connectivity index (χ2v) is 5.07. The zero-order chi connectivity index (χ0) is 14.3. The molecule has 1 aromatic rings. The second-order valence-electron chi connectivity index (χ2n) is 5.07. The molecule has 1 heterocycles. The van der Waals surface area contributed by atoms with Crippen LogP contribution >= 0.6 is 0 Å². The lowest BCUT2D eigenvalue weighted by atomic mass is 9.94. The number of rotatable bonds is 7. The summed E-state index contributed by atoms with van der Waals surface area (Å²) < 4.78 is 4.96. The molecule has 3 N–H and O–H groups in total. The highest BCUT2D eigenvalue weighted by atomic mass is 16.5. The van der Waals surface area contributed by atoms with Gasteiger partial charge in [0.25, 0.3) is 0 Å². The van der Waals surface area contributed by atoms with E-state index in [4.69, 9.17) is 10.5 Å². The molecule has 0 spiro atoms. The van der Waals surface area contributed by atoms with Crippen molar-refractivity contribution in [3.05, 3.63) is 18.3 Å². The van der Waals surface area contributed by atoms with Gasteiger partial charge in [-0.15, -0.1) is 0 Å². The lowest BCUT2D eigenvalue weighted by Gasteiger charge is -2.16. The first-order chi connectivity index (χ1) is 9.05. The summed E-state index contributed by atoms with van der Waals surface area (Å²) in [6.45, 7) is 4.80. The number of nitrogens with zero attached hydrogens (tertiary/aromatic N) is 1. The topological polar surface area (TPSA) is 77.2 Å². The van der Waals surface area contributed by atoms with Gasteiger partial charge in [-0.05, 0) is 30.9 Å². The molecule has 0 saturated heterocycles. The maximum Gasteiger partial charge on any atom is 0.224 e. The predicted molar refractivity (Wildman–Crippen MR) is 76.0 cm³/mol. The van der Waals surface area contributed by atoms with Crippen molar-refractivity contribution in [3.63, 3.8) is 0 Å². The van der Waals surface area contributed by atoms with Crippen LogP contribution in [0.5, 0.6) is 5.88 Å². The number of methoxy groups -OCH3 is 1. The van der Waals surface area contributed by atoms with E-state index >= 15 is 0 Å². The lowest BCUT2D eigenvalue weighted by molar-refractivity contribution is -0.117. The number of carbonyl (C=O) groups is 1. The average Bonchev–Trinajstić information content (AvgIpc) is 2.38. The van der Waals surface area contributed by atoms with Gasteiger partial charge in [0.15, 0.2) is 0 Å². The fraction of sp³-hybridized carbons (Fsp3) is 0.571. The van der Waals surface area contributed by atoms with E-state index in [-0.39, 0.29) is 11.8 Å². The molecule has 0 aliphatic rings. The molecule has 0 aromatic carbocycles. The predicted octanol–water partition coefficient (Wildman–Crippen LogP) is 2.04. The van der Waals surface area contributed by atoms with Crippen LogP contribution in [-0.4, -0.2) is 24.5 Å². The molecule has 1 amide bonds. The van der Waals surface area contributed by atoms with Crippen molar-refractivity contribution in [2.75, 3.05) is 19.0 Å². The van der Waals surface area contributed by atoms with Crippen LogP contribution in [0, 0.1) is 11.8 Å². The van der Waals surface area contributed by atoms with Crippen molar-refractivity contribution < 1.29 is 9.53 Å². The Balaban J connectivity index is 2.49. The number of hydrogen-bond donors (Lipinski definition) is 2. The number of nitrogens with one attached hydrogen (secondary N) is 1. The third kappa shape index (κ3) is 5.70. The molecule has 5 heteroatoms. The highest BCUT2D eigenvalue weighted by molar-refractivity contribution is 5.90. The smallest absolute Gasteiger partial charge is 0.224 e. The van der Waals surface area contributed by atoms with Crippen LogP contribution in [0.1, 0.15) is 26.7 Å². The maximum atomic E-state index is 11.9. The molecule has 106 valence electrons. The van der Waals surface area contributed by atoms with E-state index < -0.39 is 0 Å². The Morgan fingerprint density at radius 3 is 2.68 bits per heavy atom. The number of pyridine rings is 1. The number of hydrogen-bond acceptors (Lipinski definition) is 4. The van der Waals surface area contributed by atoms with Crippen LogP contribution < -0.4 is 15.8 Å². The van der Waals surface area contributed by atoms with Gasteiger partial charge in [-0.3, -0.25) is 4.79 Å². The third-order valence-corrected chi connectivity index (χ3v) is 2.84. The van der Waals surface area contributed by atoms with Crippen LogP contribution in [0.15, 0.2) is 18.3 Å². The van der Waals surface area contributed by atoms with Crippen LogP contribution in [0.3, 0.4) is 0 Å². The summed E-state index contributed by atoms with van der Waals surface area (Å²) in [5.41, 5.74) is 6.36. The first kappa shape index (κ1) is 15.4. The Bertz CT molecular complexity index is 390. The van der Waals surface area contributed by atoms with Crippen molar-refractivity contribution in [2.45, 2.75) is 26.7 Å². The van der Waals surface area contributed by atoms with E-state index in [9.17, 15) is 4.79 Å². The largest absolute Gasteiger partial charge is 0.481 e. The Labute approximate surface area is 114 Å². The van der Waals surface area contributed by atoms with Crippen molar-refractivity contribution >= 4 is 11.6 Å². The molecule has 19 heavy (non-hydrogen) atoms. The van der Waals surface area contributed by atoms with Gasteiger partial charge < -0.3 is 15.8 Å². The average molecular weight is 265 g/mol. The van der Waals surface area contributed by atoms with Gasteiger partial charge in [0.05, 0.1) is 19.0 Å². The Kier molecular flexibility index (Phi) is 6.29. The summed E-state index contributed by atoms with van der Waals surface area (Å²) in [5.74, 6) is 1.27. The standard InChI is InChI=1S/C14H23N3O2/c1-10(2)6-11(8-15)7-13(18)17-12-4-5-14(19-3)16-9-12/h4-5,9-11H,6-8,15H2,1-3H3,(H,17,18)/t11-/m0/s1. The summed E-state index contributed by atoms with van der Waals surface area (Å²) >= 11 is 0. The normalized spacial score (nSPS) is 12.3. The van der Waals surface area contributed by atoms with E-state index in [1.54, 1.807) is 25.4 Å². The van der Waals surface area contributed by atoms with Gasteiger partial charge in [-0.1, -0.05) is 13.8 Å². The van der Waals surface area contributed by atoms with Gasteiger partial charge in [-0.2, -0.15) is 0 Å². The molecule has 0 bridgehead atoms. The summed E-state index contributed by atoms with van der Waals surface area (Å²) in [6.07, 6.45) is 2.99. The zero-order valence-electron chi connectivity index (χ0n) is 11.8. The van der Waals surface area contributed by atoms with Crippen LogP contribution in [0.2, 0.25) is 0 Å². The Morgan fingerprint density at radius 2 is 2.21 bits per heavy atom. The lowest BCUT2D eigenvalue weighted by Crippen LogP contribution is -2.23. The molecule has 0 radical (unpaired) electrons. The fourth-order valence-corrected chi connectivity index (χ4v) is 1.98. The van der Waals surface area contributed by atoms with Gasteiger partial charge in [0.2, 0.25) is 11.8 Å². The molecule has 0 unspecified atom stereocenters. The molecule has 5 nitrogen and oxygen atoms in total. The number of ether oxygens (including phenoxy) is 1. The number of nitrogens with two attached hydrogens (primary N) is 1. The molecular formula is C14H23N3O2. The van der Waals surface area contributed by atoms with Gasteiger partial charge in [0, 0.05) is 12.5 Å². The molecule has 0 aliphatic carbocycles. The van der Waals surface area contributed by atoms with Crippen molar-refractivity contribution in [1.82, 2.24) is 4.98 Å². The van der Waals surface area contributed by atoms with Crippen molar-refractivity contribution in [3.8, 4) is 5.88 Å². The number of carbonyl (C=O) groups excluding carboxylic acids is 1. The molecule has 1 aromatic heterocycles. The minimum absolute atomic E-state index is 0.0249. The van der Waals surface area contributed by atoms with Gasteiger partial charge in [0.1, 0.15) is 0 Å². The highest BCUT2D eigenvalue weighted by Crippen LogP contribution is 2.16. The van der Waals surface area contributed by atoms with E-state index in [2.05, 4.69) is 24.1 Å². The molecule has 0 fully saturated rings. The highest BCUT2D eigenvalue weighted by Gasteiger charge is 2.14.